The second-order valence-corrected chi connectivity index (χ2v) is 11.0. The number of hydrogen-bond acceptors (Lipinski definition) is 6. The number of carbonyl (C=O) groups excluding carboxylic acids is 1. The lowest BCUT2D eigenvalue weighted by Crippen LogP contribution is -2.43. The topological polar surface area (TPSA) is 92.3 Å². The van der Waals surface area contributed by atoms with Crippen molar-refractivity contribution in [3.8, 4) is 0 Å². The summed E-state index contributed by atoms with van der Waals surface area (Å²) in [7, 11) is -3.60. The Balaban J connectivity index is 1.38. The maximum Gasteiger partial charge on any atom is 0.243 e. The molecule has 0 bridgehead atoms. The van der Waals surface area contributed by atoms with Gasteiger partial charge in [0.25, 0.3) is 0 Å². The third-order valence-electron chi connectivity index (χ3n) is 5.43. The van der Waals surface area contributed by atoms with E-state index in [-0.39, 0.29) is 17.3 Å². The third kappa shape index (κ3) is 5.79. The molecule has 1 aliphatic rings. The van der Waals surface area contributed by atoms with Crippen LogP contribution in [0.4, 0.5) is 5.69 Å². The molecule has 9 heteroatoms. The average molecular weight is 483 g/mol. The number of amides is 1. The van der Waals surface area contributed by atoms with E-state index in [0.29, 0.717) is 30.2 Å². The minimum Gasteiger partial charge on any atom is -0.326 e. The van der Waals surface area contributed by atoms with E-state index in [2.05, 4.69) is 15.3 Å². The monoisotopic (exact) mass is 482 g/mol. The van der Waals surface area contributed by atoms with E-state index >= 15 is 0 Å². The SMILES string of the molecule is Cc1cc(C)nc(Sc2ccc(NC(=O)C3CCCN(S(=O)(=O)c4ccccc4)C3)cc2)n1. The van der Waals surface area contributed by atoms with Crippen molar-refractivity contribution in [2.75, 3.05) is 18.4 Å². The van der Waals surface area contributed by atoms with Gasteiger partial charge in [0.1, 0.15) is 0 Å². The maximum absolute atomic E-state index is 12.9. The fourth-order valence-electron chi connectivity index (χ4n) is 3.81. The molecule has 1 aromatic heterocycles. The Morgan fingerprint density at radius 1 is 1.03 bits per heavy atom. The molecule has 3 aromatic rings. The van der Waals surface area contributed by atoms with Crippen LogP contribution in [0.25, 0.3) is 0 Å². The van der Waals surface area contributed by atoms with Crippen molar-refractivity contribution in [1.29, 1.82) is 0 Å². The van der Waals surface area contributed by atoms with Crippen molar-refractivity contribution >= 4 is 33.4 Å². The second kappa shape index (κ2) is 10.0. The summed E-state index contributed by atoms with van der Waals surface area (Å²) in [6.07, 6.45) is 1.31. The van der Waals surface area contributed by atoms with Crippen LogP contribution in [0.3, 0.4) is 0 Å². The molecule has 1 amide bonds. The standard InChI is InChI=1S/C24H26N4O3S2/c1-17-15-18(2)26-24(25-17)32-21-12-10-20(11-13-21)27-23(29)19-7-6-14-28(16-19)33(30,31)22-8-4-3-5-9-22/h3-5,8-13,15,19H,6-7,14,16H2,1-2H3,(H,27,29). The predicted molar refractivity (Wildman–Crippen MR) is 129 cm³/mol. The Labute approximate surface area is 198 Å². The smallest absolute Gasteiger partial charge is 0.243 e. The van der Waals surface area contributed by atoms with Crippen LogP contribution >= 0.6 is 11.8 Å². The number of nitrogens with one attached hydrogen (secondary N) is 1. The van der Waals surface area contributed by atoms with Crippen LogP contribution in [-0.4, -0.2) is 41.7 Å². The molecule has 2 aromatic carbocycles. The first-order chi connectivity index (χ1) is 15.8. The number of nitrogens with zero attached hydrogens (tertiary/aromatic N) is 3. The van der Waals surface area contributed by atoms with Crippen molar-refractivity contribution in [1.82, 2.24) is 14.3 Å². The number of carbonyl (C=O) groups is 1. The quantitative estimate of drug-likeness (QED) is 0.527. The number of benzene rings is 2. The Hall–Kier alpha value is -2.75. The molecule has 0 spiro atoms. The highest BCUT2D eigenvalue weighted by Crippen LogP contribution is 2.28. The number of aromatic nitrogens is 2. The lowest BCUT2D eigenvalue weighted by atomic mass is 9.99. The molecule has 1 fully saturated rings. The summed E-state index contributed by atoms with van der Waals surface area (Å²) in [5.74, 6) is -0.559. The normalized spacial score (nSPS) is 17.0. The van der Waals surface area contributed by atoms with Gasteiger partial charge in [0.05, 0.1) is 10.8 Å². The molecular formula is C24H26N4O3S2. The van der Waals surface area contributed by atoms with Crippen LogP contribution < -0.4 is 5.32 Å². The van der Waals surface area contributed by atoms with Crippen LogP contribution in [0.1, 0.15) is 24.2 Å². The maximum atomic E-state index is 12.9. The van der Waals surface area contributed by atoms with Crippen LogP contribution in [0.15, 0.2) is 75.6 Å². The number of piperidine rings is 1. The molecule has 172 valence electrons. The minimum atomic E-state index is -3.60. The Morgan fingerprint density at radius 2 is 1.70 bits per heavy atom. The van der Waals surface area contributed by atoms with Gasteiger partial charge in [0.15, 0.2) is 5.16 Å². The van der Waals surface area contributed by atoms with Gasteiger partial charge in [-0.2, -0.15) is 4.31 Å². The van der Waals surface area contributed by atoms with Crippen molar-refractivity contribution in [3.63, 3.8) is 0 Å². The Kier molecular flexibility index (Phi) is 7.11. The zero-order valence-corrected chi connectivity index (χ0v) is 20.2. The number of anilines is 1. The van der Waals surface area contributed by atoms with Crippen molar-refractivity contribution < 1.29 is 13.2 Å². The second-order valence-electron chi connectivity index (χ2n) is 8.06. The first-order valence-electron chi connectivity index (χ1n) is 10.8. The minimum absolute atomic E-state index is 0.166. The largest absolute Gasteiger partial charge is 0.326 e. The summed E-state index contributed by atoms with van der Waals surface area (Å²) in [6.45, 7) is 4.48. The summed E-state index contributed by atoms with van der Waals surface area (Å²) in [5.41, 5.74) is 2.52. The third-order valence-corrected chi connectivity index (χ3v) is 8.18. The highest BCUT2D eigenvalue weighted by Gasteiger charge is 2.33. The predicted octanol–water partition coefficient (Wildman–Crippen LogP) is 4.28. The average Bonchev–Trinajstić information content (AvgIpc) is 2.80. The van der Waals surface area contributed by atoms with Gasteiger partial charge < -0.3 is 5.32 Å². The van der Waals surface area contributed by atoms with Gasteiger partial charge in [-0.25, -0.2) is 18.4 Å². The van der Waals surface area contributed by atoms with Crippen LogP contribution in [0.2, 0.25) is 0 Å². The van der Waals surface area contributed by atoms with Crippen molar-refractivity contribution in [2.45, 2.75) is 41.6 Å². The number of aryl methyl sites for hydroxylation is 2. The molecule has 1 aliphatic heterocycles. The number of hydrogen-bond donors (Lipinski definition) is 1. The highest BCUT2D eigenvalue weighted by atomic mass is 32.2. The van der Waals surface area contributed by atoms with Gasteiger partial charge in [-0.1, -0.05) is 18.2 Å². The molecule has 0 radical (unpaired) electrons. The molecule has 1 saturated heterocycles. The van der Waals surface area contributed by atoms with E-state index < -0.39 is 15.9 Å². The summed E-state index contributed by atoms with van der Waals surface area (Å²) < 4.78 is 27.3. The van der Waals surface area contributed by atoms with Gasteiger partial charge in [-0.05, 0) is 80.9 Å². The highest BCUT2D eigenvalue weighted by molar-refractivity contribution is 7.99. The van der Waals surface area contributed by atoms with Gasteiger partial charge >= 0.3 is 0 Å². The van der Waals surface area contributed by atoms with Gasteiger partial charge in [0, 0.05) is 35.1 Å². The van der Waals surface area contributed by atoms with Crippen LogP contribution in [0.5, 0.6) is 0 Å². The zero-order chi connectivity index (χ0) is 23.4. The molecule has 2 heterocycles. The Morgan fingerprint density at radius 3 is 2.36 bits per heavy atom. The Bertz CT molecular complexity index is 1210. The zero-order valence-electron chi connectivity index (χ0n) is 18.6. The lowest BCUT2D eigenvalue weighted by molar-refractivity contribution is -0.120. The van der Waals surface area contributed by atoms with Crippen LogP contribution in [0, 0.1) is 19.8 Å². The van der Waals surface area contributed by atoms with Gasteiger partial charge in [-0.3, -0.25) is 4.79 Å². The van der Waals surface area contributed by atoms with Crippen molar-refractivity contribution in [3.05, 3.63) is 72.1 Å². The van der Waals surface area contributed by atoms with Gasteiger partial charge in [0.2, 0.25) is 15.9 Å². The van der Waals surface area contributed by atoms with E-state index in [1.54, 1.807) is 30.3 Å². The fraction of sp³-hybridized carbons (Fsp3) is 0.292. The fourth-order valence-corrected chi connectivity index (χ4v) is 6.22. The molecule has 0 saturated carbocycles. The molecule has 33 heavy (non-hydrogen) atoms. The van der Waals surface area contributed by atoms with Gasteiger partial charge in [-0.15, -0.1) is 0 Å². The molecule has 1 unspecified atom stereocenters. The molecule has 0 aliphatic carbocycles. The van der Waals surface area contributed by atoms with Crippen LogP contribution in [-0.2, 0) is 14.8 Å². The van der Waals surface area contributed by atoms with E-state index in [1.165, 1.54) is 16.1 Å². The van der Waals surface area contributed by atoms with Crippen molar-refractivity contribution in [2.24, 2.45) is 5.92 Å². The van der Waals surface area contributed by atoms with E-state index in [0.717, 1.165) is 16.3 Å². The van der Waals surface area contributed by atoms with E-state index in [4.69, 9.17) is 0 Å². The molecule has 7 nitrogen and oxygen atoms in total. The summed E-state index contributed by atoms with van der Waals surface area (Å²) in [6, 6.07) is 17.8. The number of sulfonamides is 1. The summed E-state index contributed by atoms with van der Waals surface area (Å²) >= 11 is 1.46. The van der Waals surface area contributed by atoms with E-state index in [9.17, 15) is 13.2 Å². The summed E-state index contributed by atoms with van der Waals surface area (Å²) in [5, 5.41) is 3.62. The first-order valence-corrected chi connectivity index (χ1v) is 13.0. The number of rotatable bonds is 6. The molecule has 1 atom stereocenters. The molecule has 1 N–H and O–H groups in total. The lowest BCUT2D eigenvalue weighted by Gasteiger charge is -2.31. The first kappa shape index (κ1) is 23.4. The molecule has 4 rings (SSSR count). The molecular weight excluding hydrogens is 456 g/mol. The summed E-state index contributed by atoms with van der Waals surface area (Å²) in [4.78, 5) is 23.0. The van der Waals surface area contributed by atoms with E-state index in [1.807, 2.05) is 44.2 Å².